The highest BCUT2D eigenvalue weighted by atomic mass is 16.5. The third-order valence-corrected chi connectivity index (χ3v) is 4.13. The van der Waals surface area contributed by atoms with Crippen molar-refractivity contribution in [3.63, 3.8) is 0 Å². The van der Waals surface area contributed by atoms with Crippen molar-refractivity contribution in [2.75, 3.05) is 26.7 Å². The first kappa shape index (κ1) is 17.0. The van der Waals surface area contributed by atoms with Gasteiger partial charge in [0.1, 0.15) is 5.75 Å². The second-order valence-corrected chi connectivity index (χ2v) is 5.62. The van der Waals surface area contributed by atoms with Crippen molar-refractivity contribution < 1.29 is 4.74 Å². The van der Waals surface area contributed by atoms with Crippen molar-refractivity contribution in [2.45, 2.75) is 45.6 Å². The maximum atomic E-state index is 6.11. The third kappa shape index (κ3) is 4.22. The van der Waals surface area contributed by atoms with Crippen molar-refractivity contribution in [3.8, 4) is 5.75 Å². The summed E-state index contributed by atoms with van der Waals surface area (Å²) in [5, 5.41) is 0. The van der Waals surface area contributed by atoms with Gasteiger partial charge < -0.3 is 10.5 Å². The van der Waals surface area contributed by atoms with Gasteiger partial charge >= 0.3 is 0 Å². The van der Waals surface area contributed by atoms with Crippen LogP contribution in [-0.2, 0) is 6.42 Å². The van der Waals surface area contributed by atoms with Gasteiger partial charge in [0.2, 0.25) is 0 Å². The second-order valence-electron chi connectivity index (χ2n) is 5.62. The van der Waals surface area contributed by atoms with Gasteiger partial charge in [-0.05, 0) is 44.5 Å². The minimum Gasteiger partial charge on any atom is -0.496 e. The highest BCUT2D eigenvalue weighted by Gasteiger charge is 2.30. The summed E-state index contributed by atoms with van der Waals surface area (Å²) in [4.78, 5) is 2.50. The van der Waals surface area contributed by atoms with E-state index in [9.17, 15) is 0 Å². The molecule has 1 aromatic rings. The zero-order chi connectivity index (χ0) is 15.0. The summed E-state index contributed by atoms with van der Waals surface area (Å²) in [5.41, 5.74) is 7.33. The van der Waals surface area contributed by atoms with Crippen LogP contribution in [0.4, 0.5) is 0 Å². The van der Waals surface area contributed by atoms with E-state index < -0.39 is 0 Å². The Hall–Kier alpha value is -1.06. The van der Waals surface area contributed by atoms with E-state index in [1.165, 1.54) is 18.4 Å². The summed E-state index contributed by atoms with van der Waals surface area (Å²) in [6, 6.07) is 8.24. The molecule has 0 heterocycles. The van der Waals surface area contributed by atoms with Crippen LogP contribution in [0.15, 0.2) is 24.3 Å². The SMILES string of the molecule is CCCCN(CC)C(C)(CN)Cc1ccccc1OC. The van der Waals surface area contributed by atoms with Crippen LogP contribution in [0.25, 0.3) is 0 Å². The number of rotatable bonds is 9. The van der Waals surface area contributed by atoms with Gasteiger partial charge in [-0.3, -0.25) is 4.90 Å². The molecule has 0 saturated carbocycles. The molecule has 20 heavy (non-hydrogen) atoms. The summed E-state index contributed by atoms with van der Waals surface area (Å²) in [6.45, 7) is 9.50. The Balaban J connectivity index is 2.92. The molecule has 0 amide bonds. The number of hydrogen-bond donors (Lipinski definition) is 1. The summed E-state index contributed by atoms with van der Waals surface area (Å²) < 4.78 is 5.47. The molecular formula is C17H30N2O. The molecular weight excluding hydrogens is 248 g/mol. The molecule has 1 rings (SSSR count). The molecule has 3 nitrogen and oxygen atoms in total. The fraction of sp³-hybridized carbons (Fsp3) is 0.647. The Labute approximate surface area is 124 Å². The lowest BCUT2D eigenvalue weighted by Gasteiger charge is -2.40. The lowest BCUT2D eigenvalue weighted by atomic mass is 9.90. The average molecular weight is 278 g/mol. The molecule has 0 fully saturated rings. The third-order valence-electron chi connectivity index (χ3n) is 4.13. The number of likely N-dealkylation sites (N-methyl/N-ethyl adjacent to an activating group) is 1. The Kier molecular flexibility index (Phi) is 7.03. The minimum atomic E-state index is -0.0153. The van der Waals surface area contributed by atoms with Gasteiger partial charge in [-0.25, -0.2) is 0 Å². The normalized spacial score (nSPS) is 14.3. The van der Waals surface area contributed by atoms with E-state index >= 15 is 0 Å². The molecule has 0 aliphatic carbocycles. The summed E-state index contributed by atoms with van der Waals surface area (Å²) in [5.74, 6) is 0.957. The van der Waals surface area contributed by atoms with Crippen LogP contribution >= 0.6 is 0 Å². The van der Waals surface area contributed by atoms with Gasteiger partial charge in [0, 0.05) is 12.1 Å². The maximum absolute atomic E-state index is 6.11. The molecule has 0 bridgehead atoms. The Bertz CT molecular complexity index is 394. The number of nitrogens with two attached hydrogens (primary N) is 1. The van der Waals surface area contributed by atoms with Crippen LogP contribution in [-0.4, -0.2) is 37.2 Å². The van der Waals surface area contributed by atoms with Crippen molar-refractivity contribution in [1.82, 2.24) is 4.90 Å². The fourth-order valence-electron chi connectivity index (χ4n) is 2.73. The molecule has 0 radical (unpaired) electrons. The lowest BCUT2D eigenvalue weighted by Crippen LogP contribution is -2.53. The predicted octanol–water partition coefficient (Wildman–Crippen LogP) is 3.08. The molecule has 3 heteroatoms. The molecule has 0 aliphatic rings. The van der Waals surface area contributed by atoms with E-state index in [1.54, 1.807) is 7.11 Å². The molecule has 0 aromatic heterocycles. The van der Waals surface area contributed by atoms with Gasteiger partial charge in [0.15, 0.2) is 0 Å². The Morgan fingerprint density at radius 2 is 1.95 bits per heavy atom. The summed E-state index contributed by atoms with van der Waals surface area (Å²) in [6.07, 6.45) is 3.35. The van der Waals surface area contributed by atoms with E-state index in [0.29, 0.717) is 6.54 Å². The molecule has 1 atom stereocenters. The number of nitrogens with zero attached hydrogens (tertiary/aromatic N) is 1. The van der Waals surface area contributed by atoms with Crippen LogP contribution in [0.2, 0.25) is 0 Å². The van der Waals surface area contributed by atoms with Crippen molar-refractivity contribution in [3.05, 3.63) is 29.8 Å². The predicted molar refractivity (Wildman–Crippen MR) is 86.3 cm³/mol. The zero-order valence-corrected chi connectivity index (χ0v) is 13.5. The van der Waals surface area contributed by atoms with Crippen LogP contribution < -0.4 is 10.5 Å². The molecule has 0 aliphatic heterocycles. The van der Waals surface area contributed by atoms with E-state index in [2.05, 4.69) is 37.8 Å². The van der Waals surface area contributed by atoms with Gasteiger partial charge in [-0.1, -0.05) is 38.5 Å². The smallest absolute Gasteiger partial charge is 0.122 e. The number of benzene rings is 1. The van der Waals surface area contributed by atoms with Crippen LogP contribution in [0.1, 0.15) is 39.2 Å². The summed E-state index contributed by atoms with van der Waals surface area (Å²) >= 11 is 0. The highest BCUT2D eigenvalue weighted by molar-refractivity contribution is 5.34. The number of ether oxygens (including phenoxy) is 1. The van der Waals surface area contributed by atoms with Crippen LogP contribution in [0.3, 0.4) is 0 Å². The second kappa shape index (κ2) is 8.28. The zero-order valence-electron chi connectivity index (χ0n) is 13.5. The quantitative estimate of drug-likeness (QED) is 0.754. The van der Waals surface area contributed by atoms with Crippen LogP contribution in [0, 0.1) is 0 Å². The van der Waals surface area contributed by atoms with E-state index in [0.717, 1.165) is 25.3 Å². The Morgan fingerprint density at radius 1 is 1.25 bits per heavy atom. The molecule has 2 N–H and O–H groups in total. The molecule has 0 spiro atoms. The fourth-order valence-corrected chi connectivity index (χ4v) is 2.73. The summed E-state index contributed by atoms with van der Waals surface area (Å²) in [7, 11) is 1.73. The number of unbranched alkanes of at least 4 members (excludes halogenated alkanes) is 1. The molecule has 114 valence electrons. The number of methoxy groups -OCH3 is 1. The van der Waals surface area contributed by atoms with Gasteiger partial charge in [0.05, 0.1) is 7.11 Å². The van der Waals surface area contributed by atoms with Crippen molar-refractivity contribution in [2.24, 2.45) is 5.73 Å². The number of hydrogen-bond acceptors (Lipinski definition) is 3. The first-order valence-corrected chi connectivity index (χ1v) is 7.68. The molecule has 0 saturated heterocycles. The lowest BCUT2D eigenvalue weighted by molar-refractivity contribution is 0.114. The molecule has 1 unspecified atom stereocenters. The van der Waals surface area contributed by atoms with Gasteiger partial charge in [-0.15, -0.1) is 0 Å². The minimum absolute atomic E-state index is 0.0153. The van der Waals surface area contributed by atoms with E-state index in [1.807, 2.05) is 12.1 Å². The first-order chi connectivity index (χ1) is 9.61. The molecule has 1 aromatic carbocycles. The standard InChI is InChI=1S/C17H30N2O/c1-5-7-12-19(6-2)17(3,14-18)13-15-10-8-9-11-16(15)20-4/h8-11H,5-7,12-14,18H2,1-4H3. The average Bonchev–Trinajstić information content (AvgIpc) is 2.48. The van der Waals surface area contributed by atoms with Crippen molar-refractivity contribution >= 4 is 0 Å². The maximum Gasteiger partial charge on any atom is 0.122 e. The van der Waals surface area contributed by atoms with Crippen molar-refractivity contribution in [1.29, 1.82) is 0 Å². The first-order valence-electron chi connectivity index (χ1n) is 7.68. The monoisotopic (exact) mass is 278 g/mol. The topological polar surface area (TPSA) is 38.5 Å². The largest absolute Gasteiger partial charge is 0.496 e. The van der Waals surface area contributed by atoms with E-state index in [-0.39, 0.29) is 5.54 Å². The van der Waals surface area contributed by atoms with Crippen LogP contribution in [0.5, 0.6) is 5.75 Å². The highest BCUT2D eigenvalue weighted by Crippen LogP contribution is 2.26. The van der Waals surface area contributed by atoms with Gasteiger partial charge in [-0.2, -0.15) is 0 Å². The van der Waals surface area contributed by atoms with Gasteiger partial charge in [0.25, 0.3) is 0 Å². The Morgan fingerprint density at radius 3 is 2.50 bits per heavy atom. The van der Waals surface area contributed by atoms with E-state index in [4.69, 9.17) is 10.5 Å². The number of para-hydroxylation sites is 1.